The van der Waals surface area contributed by atoms with Gasteiger partial charge in [0.05, 0.1) is 0 Å². The fraction of sp³-hybridized carbons (Fsp3) is 0.900. The maximum absolute atomic E-state index is 11.2. The van der Waals surface area contributed by atoms with Gasteiger partial charge in [0, 0.05) is 0 Å². The van der Waals surface area contributed by atoms with Crippen LogP contribution in [0.1, 0.15) is 33.6 Å². The second-order valence-corrected chi connectivity index (χ2v) is 4.22. The Bertz CT molecular complexity index is 181. The van der Waals surface area contributed by atoms with Crippen molar-refractivity contribution in [1.82, 2.24) is 0 Å². The Kier molecular flexibility index (Phi) is 3.31. The molecule has 0 bridgehead atoms. The number of carbonyl (C=O) groups is 1. The zero-order valence-electron chi connectivity index (χ0n) is 8.62. The lowest BCUT2D eigenvalue weighted by Gasteiger charge is -2.21. The predicted molar refractivity (Wildman–Crippen MR) is 51.1 cm³/mol. The van der Waals surface area contributed by atoms with Gasteiger partial charge in [-0.15, -0.1) is 0 Å². The molecule has 1 aliphatic carbocycles. The summed E-state index contributed by atoms with van der Waals surface area (Å²) in [6.07, 6.45) is 2.38. The molecule has 0 spiro atoms. The summed E-state index contributed by atoms with van der Waals surface area (Å²) in [5.74, 6) is 0.695. The maximum atomic E-state index is 11.2. The highest BCUT2D eigenvalue weighted by atomic mass is 16.5. The van der Waals surface area contributed by atoms with Gasteiger partial charge in [0.25, 0.3) is 0 Å². The van der Waals surface area contributed by atoms with Gasteiger partial charge in [-0.1, -0.05) is 13.8 Å². The normalized spacial score (nSPS) is 35.8. The van der Waals surface area contributed by atoms with Crippen molar-refractivity contribution in [3.05, 3.63) is 0 Å². The van der Waals surface area contributed by atoms with E-state index in [1.807, 2.05) is 0 Å². The first-order valence-electron chi connectivity index (χ1n) is 4.98. The zero-order valence-corrected chi connectivity index (χ0v) is 8.62. The van der Waals surface area contributed by atoms with Crippen LogP contribution < -0.4 is 5.73 Å². The van der Waals surface area contributed by atoms with Gasteiger partial charge in [-0.2, -0.15) is 0 Å². The summed E-state index contributed by atoms with van der Waals surface area (Å²) < 4.78 is 5.33. The van der Waals surface area contributed by atoms with Gasteiger partial charge < -0.3 is 10.5 Å². The monoisotopic (exact) mass is 185 g/mol. The Balaban J connectivity index is 2.47. The number of nitrogens with two attached hydrogens (primary N) is 1. The molecule has 0 heterocycles. The Morgan fingerprint density at radius 1 is 1.38 bits per heavy atom. The predicted octanol–water partition coefficient (Wildman–Crippen LogP) is 1.31. The number of hydrogen-bond acceptors (Lipinski definition) is 3. The molecule has 0 aliphatic heterocycles. The summed E-state index contributed by atoms with van der Waals surface area (Å²) >= 11 is 0. The third kappa shape index (κ3) is 2.44. The quantitative estimate of drug-likeness (QED) is 0.660. The van der Waals surface area contributed by atoms with Gasteiger partial charge in [-0.3, -0.25) is 4.79 Å². The molecule has 3 atom stereocenters. The summed E-state index contributed by atoms with van der Waals surface area (Å²) in [5.41, 5.74) is 5.43. The lowest BCUT2D eigenvalue weighted by atomic mass is 10.0. The number of esters is 1. The molecular formula is C10H19NO2. The first-order valence-corrected chi connectivity index (χ1v) is 4.98. The van der Waals surface area contributed by atoms with Gasteiger partial charge in [-0.25, -0.2) is 0 Å². The summed E-state index contributed by atoms with van der Waals surface area (Å²) in [5, 5.41) is 0. The van der Waals surface area contributed by atoms with Crippen molar-refractivity contribution < 1.29 is 9.53 Å². The van der Waals surface area contributed by atoms with Crippen molar-refractivity contribution in [2.24, 2.45) is 17.6 Å². The number of hydrogen-bond donors (Lipinski definition) is 1. The van der Waals surface area contributed by atoms with Crippen LogP contribution in [0.5, 0.6) is 0 Å². The second kappa shape index (κ2) is 4.09. The van der Waals surface area contributed by atoms with Gasteiger partial charge in [0.15, 0.2) is 0 Å². The average Bonchev–Trinajstić information content (AvgIpc) is 2.35. The molecule has 3 nitrogen and oxygen atoms in total. The average molecular weight is 185 g/mol. The SMILES string of the molecule is CC1CCC(C)C1OC(=O)[C@@H](C)N. The van der Waals surface area contributed by atoms with Gasteiger partial charge in [-0.05, 0) is 31.6 Å². The summed E-state index contributed by atoms with van der Waals surface area (Å²) in [4.78, 5) is 11.2. The molecule has 1 rings (SSSR count). The van der Waals surface area contributed by atoms with Crippen LogP contribution >= 0.6 is 0 Å². The third-order valence-corrected chi connectivity index (χ3v) is 2.82. The molecule has 0 radical (unpaired) electrons. The van der Waals surface area contributed by atoms with E-state index in [1.54, 1.807) is 6.92 Å². The lowest BCUT2D eigenvalue weighted by molar-refractivity contribution is -0.153. The van der Waals surface area contributed by atoms with E-state index in [9.17, 15) is 4.79 Å². The van der Waals surface area contributed by atoms with Crippen LogP contribution in [-0.2, 0) is 9.53 Å². The van der Waals surface area contributed by atoms with E-state index in [0.717, 1.165) is 12.8 Å². The van der Waals surface area contributed by atoms with Gasteiger partial charge >= 0.3 is 5.97 Å². The highest BCUT2D eigenvalue weighted by Gasteiger charge is 2.33. The Hall–Kier alpha value is -0.570. The van der Waals surface area contributed by atoms with E-state index in [0.29, 0.717) is 11.8 Å². The van der Waals surface area contributed by atoms with Crippen LogP contribution in [0, 0.1) is 11.8 Å². The van der Waals surface area contributed by atoms with Crippen molar-refractivity contribution in [3.8, 4) is 0 Å². The molecule has 1 saturated carbocycles. The first-order chi connectivity index (χ1) is 6.02. The molecule has 0 amide bonds. The van der Waals surface area contributed by atoms with Crippen LogP contribution in [0.2, 0.25) is 0 Å². The van der Waals surface area contributed by atoms with Crippen molar-refractivity contribution in [2.45, 2.75) is 45.8 Å². The van der Waals surface area contributed by atoms with Crippen molar-refractivity contribution in [3.63, 3.8) is 0 Å². The summed E-state index contributed by atoms with van der Waals surface area (Å²) in [7, 11) is 0. The molecule has 3 heteroatoms. The van der Waals surface area contributed by atoms with Crippen molar-refractivity contribution >= 4 is 5.97 Å². The molecule has 13 heavy (non-hydrogen) atoms. The molecule has 0 aromatic rings. The minimum Gasteiger partial charge on any atom is -0.461 e. The van der Waals surface area contributed by atoms with Crippen LogP contribution in [0.4, 0.5) is 0 Å². The van der Waals surface area contributed by atoms with Crippen LogP contribution in [0.25, 0.3) is 0 Å². The fourth-order valence-electron chi connectivity index (χ4n) is 1.89. The molecule has 1 aliphatic rings. The van der Waals surface area contributed by atoms with Gasteiger partial charge in [0.1, 0.15) is 12.1 Å². The number of ether oxygens (including phenoxy) is 1. The van der Waals surface area contributed by atoms with Crippen LogP contribution in [0.15, 0.2) is 0 Å². The molecule has 1 fully saturated rings. The topological polar surface area (TPSA) is 52.3 Å². The summed E-state index contributed by atoms with van der Waals surface area (Å²) in [6, 6.07) is -0.500. The van der Waals surface area contributed by atoms with E-state index in [4.69, 9.17) is 10.5 Å². The molecule has 76 valence electrons. The standard InChI is InChI=1S/C10H19NO2/c1-6-4-5-7(2)9(6)13-10(12)8(3)11/h6-9H,4-5,11H2,1-3H3/t6?,7?,8-,9?/m1/s1. The zero-order chi connectivity index (χ0) is 10.0. The molecule has 2 N–H and O–H groups in total. The Morgan fingerprint density at radius 3 is 2.23 bits per heavy atom. The van der Waals surface area contributed by atoms with E-state index < -0.39 is 6.04 Å². The third-order valence-electron chi connectivity index (χ3n) is 2.82. The molecule has 0 aromatic heterocycles. The van der Waals surface area contributed by atoms with Crippen molar-refractivity contribution in [2.75, 3.05) is 0 Å². The minimum absolute atomic E-state index is 0.0819. The van der Waals surface area contributed by atoms with E-state index in [1.165, 1.54) is 0 Å². The van der Waals surface area contributed by atoms with E-state index in [2.05, 4.69) is 13.8 Å². The Labute approximate surface area is 79.6 Å². The number of rotatable bonds is 2. The Morgan fingerprint density at radius 2 is 1.85 bits per heavy atom. The lowest BCUT2D eigenvalue weighted by Crippen LogP contribution is -2.35. The van der Waals surface area contributed by atoms with E-state index >= 15 is 0 Å². The maximum Gasteiger partial charge on any atom is 0.322 e. The summed E-state index contributed by atoms with van der Waals surface area (Å²) in [6.45, 7) is 5.91. The van der Waals surface area contributed by atoms with Crippen molar-refractivity contribution in [1.29, 1.82) is 0 Å². The first kappa shape index (κ1) is 10.5. The molecule has 0 aromatic carbocycles. The highest BCUT2D eigenvalue weighted by molar-refractivity contribution is 5.75. The largest absolute Gasteiger partial charge is 0.461 e. The highest BCUT2D eigenvalue weighted by Crippen LogP contribution is 2.33. The number of carbonyl (C=O) groups excluding carboxylic acids is 1. The molecule has 2 unspecified atom stereocenters. The minimum atomic E-state index is -0.500. The van der Waals surface area contributed by atoms with Crippen LogP contribution in [0.3, 0.4) is 0 Å². The van der Waals surface area contributed by atoms with Crippen LogP contribution in [-0.4, -0.2) is 18.1 Å². The molecule has 0 saturated heterocycles. The second-order valence-electron chi connectivity index (χ2n) is 4.22. The van der Waals surface area contributed by atoms with E-state index in [-0.39, 0.29) is 12.1 Å². The van der Waals surface area contributed by atoms with Gasteiger partial charge in [0.2, 0.25) is 0 Å². The molecular weight excluding hydrogens is 166 g/mol. The smallest absolute Gasteiger partial charge is 0.322 e. The fourth-order valence-corrected chi connectivity index (χ4v) is 1.89.